The van der Waals surface area contributed by atoms with Crippen LogP contribution in [-0.4, -0.2) is 28.2 Å². The fourth-order valence-corrected chi connectivity index (χ4v) is 7.63. The minimum Gasteiger partial charge on any atom is -0.395 e. The molecule has 4 saturated carbocycles. The van der Waals surface area contributed by atoms with E-state index in [0.717, 1.165) is 43.9 Å². The van der Waals surface area contributed by atoms with Gasteiger partial charge in [-0.05, 0) is 87.4 Å². The standard InChI is InChI=1S/C24H35N3O3/c1-15-25-22(30-26-15)10-13-29-27-17-8-11-23(2)16(14-17)4-5-18-19-6-7-21(28)24(19,3)12-9-20(18)23/h16,18-20H,4-14H2,1-3H3/b27-17-/t16?,18?,19?,20?,23-,24-/m0/s1. The lowest BCUT2D eigenvalue weighted by molar-refractivity contribution is -0.137. The lowest BCUT2D eigenvalue weighted by atomic mass is 9.45. The van der Waals surface area contributed by atoms with Gasteiger partial charge in [0.05, 0.1) is 12.1 Å². The van der Waals surface area contributed by atoms with Crippen LogP contribution < -0.4 is 0 Å². The molecule has 1 aromatic heterocycles. The highest BCUT2D eigenvalue weighted by atomic mass is 16.6. The maximum Gasteiger partial charge on any atom is 0.230 e. The van der Waals surface area contributed by atoms with Gasteiger partial charge in [-0.25, -0.2) is 0 Å². The van der Waals surface area contributed by atoms with Gasteiger partial charge < -0.3 is 9.36 Å². The normalized spacial score (nSPS) is 42.0. The number of aryl methyl sites for hydroxylation is 1. The highest BCUT2D eigenvalue weighted by Gasteiger charge is 2.60. The van der Waals surface area contributed by atoms with Gasteiger partial charge in [0.25, 0.3) is 0 Å². The molecule has 0 aliphatic heterocycles. The van der Waals surface area contributed by atoms with Gasteiger partial charge in [0.2, 0.25) is 5.89 Å². The maximum absolute atomic E-state index is 12.6. The number of carbonyl (C=O) groups is 1. The third-order valence-corrected chi connectivity index (χ3v) is 9.38. The first-order valence-electron chi connectivity index (χ1n) is 11.9. The van der Waals surface area contributed by atoms with Gasteiger partial charge >= 0.3 is 0 Å². The summed E-state index contributed by atoms with van der Waals surface area (Å²) in [5, 5.41) is 8.29. The van der Waals surface area contributed by atoms with Crippen LogP contribution in [0.1, 0.15) is 83.3 Å². The third kappa shape index (κ3) is 3.21. The molecule has 1 aromatic rings. The number of nitrogens with zero attached hydrogens (tertiary/aromatic N) is 3. The second kappa shape index (κ2) is 7.45. The van der Waals surface area contributed by atoms with Crippen molar-refractivity contribution >= 4 is 11.5 Å². The van der Waals surface area contributed by atoms with Crippen molar-refractivity contribution in [3.63, 3.8) is 0 Å². The second-order valence-electron chi connectivity index (χ2n) is 10.8. The first-order chi connectivity index (χ1) is 14.4. The molecule has 0 bridgehead atoms. The van der Waals surface area contributed by atoms with Crippen LogP contribution in [-0.2, 0) is 16.1 Å². The quantitative estimate of drug-likeness (QED) is 0.518. The summed E-state index contributed by atoms with van der Waals surface area (Å²) in [6, 6.07) is 0. The Bertz CT molecular complexity index is 849. The molecule has 0 amide bonds. The van der Waals surface area contributed by atoms with E-state index >= 15 is 0 Å². The minimum absolute atomic E-state index is 0.0175. The summed E-state index contributed by atoms with van der Waals surface area (Å²) in [5.41, 5.74) is 1.60. The van der Waals surface area contributed by atoms with E-state index in [-0.39, 0.29) is 5.41 Å². The Labute approximate surface area is 179 Å². The Kier molecular flexibility index (Phi) is 5.02. The summed E-state index contributed by atoms with van der Waals surface area (Å²) in [4.78, 5) is 22.4. The summed E-state index contributed by atoms with van der Waals surface area (Å²) < 4.78 is 5.12. The number of oxime groups is 1. The summed E-state index contributed by atoms with van der Waals surface area (Å²) >= 11 is 0. The van der Waals surface area contributed by atoms with Gasteiger partial charge in [-0.15, -0.1) is 0 Å². The fraction of sp³-hybridized carbons (Fsp3) is 0.833. The number of hydrogen-bond acceptors (Lipinski definition) is 6. The van der Waals surface area contributed by atoms with Gasteiger partial charge in [0.1, 0.15) is 12.4 Å². The van der Waals surface area contributed by atoms with Crippen molar-refractivity contribution in [3.8, 4) is 0 Å². The van der Waals surface area contributed by atoms with Crippen LogP contribution in [0.15, 0.2) is 9.68 Å². The fourth-order valence-electron chi connectivity index (χ4n) is 7.63. The zero-order chi connectivity index (χ0) is 20.9. The van der Waals surface area contributed by atoms with Gasteiger partial charge in [-0.3, -0.25) is 4.79 Å². The van der Waals surface area contributed by atoms with Crippen molar-refractivity contribution in [1.29, 1.82) is 0 Å². The Morgan fingerprint density at radius 1 is 1.13 bits per heavy atom. The molecule has 4 aliphatic carbocycles. The molecule has 1 heterocycles. The van der Waals surface area contributed by atoms with E-state index in [1.165, 1.54) is 31.4 Å². The third-order valence-electron chi connectivity index (χ3n) is 9.38. The van der Waals surface area contributed by atoms with Crippen molar-refractivity contribution in [3.05, 3.63) is 11.7 Å². The van der Waals surface area contributed by atoms with E-state index in [0.29, 0.717) is 47.8 Å². The van der Waals surface area contributed by atoms with E-state index in [2.05, 4.69) is 29.1 Å². The van der Waals surface area contributed by atoms with Gasteiger partial charge in [0.15, 0.2) is 5.82 Å². The molecule has 4 aliphatic rings. The molecular formula is C24H35N3O3. The van der Waals surface area contributed by atoms with Gasteiger partial charge in [0, 0.05) is 11.8 Å². The molecule has 30 heavy (non-hydrogen) atoms. The summed E-state index contributed by atoms with van der Waals surface area (Å²) in [5.74, 6) is 4.68. The molecule has 0 saturated heterocycles. The zero-order valence-electron chi connectivity index (χ0n) is 18.7. The maximum atomic E-state index is 12.6. The Morgan fingerprint density at radius 2 is 2.00 bits per heavy atom. The Hall–Kier alpha value is -1.72. The molecule has 0 N–H and O–H groups in total. The topological polar surface area (TPSA) is 77.6 Å². The molecule has 4 fully saturated rings. The largest absolute Gasteiger partial charge is 0.395 e. The van der Waals surface area contributed by atoms with Crippen molar-refractivity contribution in [2.75, 3.05) is 6.61 Å². The molecule has 5 rings (SSSR count). The molecule has 6 heteroatoms. The Morgan fingerprint density at radius 3 is 2.80 bits per heavy atom. The lowest BCUT2D eigenvalue weighted by Crippen LogP contribution is -2.53. The predicted octanol–water partition coefficient (Wildman–Crippen LogP) is 4.90. The Balaban J connectivity index is 1.21. The van der Waals surface area contributed by atoms with E-state index < -0.39 is 0 Å². The van der Waals surface area contributed by atoms with Crippen LogP contribution in [0.4, 0.5) is 0 Å². The van der Waals surface area contributed by atoms with Gasteiger partial charge in [-0.1, -0.05) is 24.2 Å². The van der Waals surface area contributed by atoms with Crippen LogP contribution in [0.25, 0.3) is 0 Å². The van der Waals surface area contributed by atoms with Crippen LogP contribution in [0.2, 0.25) is 0 Å². The second-order valence-corrected chi connectivity index (χ2v) is 10.8. The van der Waals surface area contributed by atoms with Crippen molar-refractivity contribution in [1.82, 2.24) is 10.1 Å². The number of Topliss-reactive ketones (excluding diaryl/α,β-unsaturated/α-hetero) is 1. The highest BCUT2D eigenvalue weighted by molar-refractivity contribution is 5.87. The first-order valence-corrected chi connectivity index (χ1v) is 11.9. The number of rotatable bonds is 4. The number of hydrogen-bond donors (Lipinski definition) is 0. The first kappa shape index (κ1) is 20.2. The number of carbonyl (C=O) groups excluding carboxylic acids is 1. The highest BCUT2D eigenvalue weighted by Crippen LogP contribution is 2.65. The van der Waals surface area contributed by atoms with Crippen LogP contribution in [0.3, 0.4) is 0 Å². The average molecular weight is 414 g/mol. The minimum atomic E-state index is -0.0175. The summed E-state index contributed by atoms with van der Waals surface area (Å²) in [6.07, 6.45) is 10.8. The van der Waals surface area contributed by atoms with Crippen molar-refractivity contribution in [2.24, 2.45) is 39.7 Å². The average Bonchev–Trinajstić information content (AvgIpc) is 3.28. The van der Waals surface area contributed by atoms with Gasteiger partial charge in [-0.2, -0.15) is 4.98 Å². The van der Waals surface area contributed by atoms with Crippen LogP contribution >= 0.6 is 0 Å². The van der Waals surface area contributed by atoms with Crippen molar-refractivity contribution in [2.45, 2.75) is 85.0 Å². The molecule has 0 spiro atoms. The van der Waals surface area contributed by atoms with Crippen molar-refractivity contribution < 1.29 is 14.2 Å². The molecular weight excluding hydrogens is 378 g/mol. The number of aromatic nitrogens is 2. The summed E-state index contributed by atoms with van der Waals surface area (Å²) in [6.45, 7) is 7.12. The van der Waals surface area contributed by atoms with Crippen LogP contribution in [0, 0.1) is 41.4 Å². The monoisotopic (exact) mass is 413 g/mol. The smallest absolute Gasteiger partial charge is 0.230 e. The number of ketones is 1. The lowest BCUT2D eigenvalue weighted by Gasteiger charge is -2.59. The zero-order valence-corrected chi connectivity index (χ0v) is 18.7. The molecule has 4 unspecified atom stereocenters. The van der Waals surface area contributed by atoms with E-state index in [1.54, 1.807) is 0 Å². The van der Waals surface area contributed by atoms with E-state index in [9.17, 15) is 4.79 Å². The predicted molar refractivity (Wildman–Crippen MR) is 113 cm³/mol. The summed E-state index contributed by atoms with van der Waals surface area (Å²) in [7, 11) is 0. The van der Waals surface area contributed by atoms with Crippen LogP contribution in [0.5, 0.6) is 0 Å². The molecule has 164 valence electrons. The molecule has 6 nitrogen and oxygen atoms in total. The number of fused-ring (bicyclic) bond motifs is 5. The molecule has 0 aromatic carbocycles. The van der Waals surface area contributed by atoms with E-state index in [4.69, 9.17) is 9.36 Å². The molecule has 6 atom stereocenters. The van der Waals surface area contributed by atoms with E-state index in [1.807, 2.05) is 6.92 Å². The SMILES string of the molecule is Cc1noc(CCO/N=C2/CC[C@@]3(C)C(CCC4C3CC[C@]3(C)C(=O)CCC43)C2)n1. The molecule has 0 radical (unpaired) electrons.